The highest BCUT2D eigenvalue weighted by molar-refractivity contribution is 8.00. The average Bonchev–Trinajstić information content (AvgIpc) is 2.17. The summed E-state index contributed by atoms with van der Waals surface area (Å²) in [6, 6.07) is 10.3. The molecule has 1 rings (SSSR count). The largest absolute Gasteiger partial charge is 0.388 e. The van der Waals surface area contributed by atoms with E-state index in [1.165, 1.54) is 5.56 Å². The van der Waals surface area contributed by atoms with E-state index < -0.39 is 0 Å². The van der Waals surface area contributed by atoms with Crippen molar-refractivity contribution in [2.45, 2.75) is 30.8 Å². The van der Waals surface area contributed by atoms with Crippen LogP contribution in [0.25, 0.3) is 0 Å². The van der Waals surface area contributed by atoms with Crippen molar-refractivity contribution in [3.05, 3.63) is 35.9 Å². The van der Waals surface area contributed by atoms with Crippen LogP contribution < -0.4 is 5.73 Å². The third-order valence-electron chi connectivity index (χ3n) is 2.01. The van der Waals surface area contributed by atoms with Gasteiger partial charge in [-0.05, 0) is 10.8 Å². The number of nitrogens with one attached hydrogen (secondary N) is 1. The fourth-order valence-corrected chi connectivity index (χ4v) is 2.69. The summed E-state index contributed by atoms with van der Waals surface area (Å²) in [7, 11) is 0. The van der Waals surface area contributed by atoms with E-state index in [4.69, 9.17) is 11.1 Å². The summed E-state index contributed by atoms with van der Waals surface area (Å²) < 4.78 is 0. The number of benzene rings is 1. The van der Waals surface area contributed by atoms with Crippen LogP contribution >= 0.6 is 11.8 Å². The fraction of sp³-hybridized carbons (Fsp3) is 0.417. The van der Waals surface area contributed by atoms with Crippen LogP contribution in [0.5, 0.6) is 0 Å². The second-order valence-corrected chi connectivity index (χ2v) is 5.60. The van der Waals surface area contributed by atoms with Crippen LogP contribution in [-0.2, 0) is 0 Å². The van der Waals surface area contributed by atoms with Gasteiger partial charge in [-0.15, -0.1) is 0 Å². The smallest absolute Gasteiger partial charge is 0.0919 e. The maximum Gasteiger partial charge on any atom is 0.0919 e. The van der Waals surface area contributed by atoms with Gasteiger partial charge < -0.3 is 5.73 Å². The molecule has 0 aliphatic carbocycles. The van der Waals surface area contributed by atoms with E-state index in [1.54, 1.807) is 0 Å². The van der Waals surface area contributed by atoms with Crippen molar-refractivity contribution < 1.29 is 0 Å². The minimum atomic E-state index is 0.261. The van der Waals surface area contributed by atoms with E-state index in [-0.39, 0.29) is 5.84 Å². The number of hydrogen-bond donors (Lipinski definition) is 2. The Kier molecular flexibility index (Phi) is 4.69. The molecular formula is C12H18N2S. The third-order valence-corrected chi connectivity index (χ3v) is 3.32. The summed E-state index contributed by atoms with van der Waals surface area (Å²) in [6.45, 7) is 4.33. The number of amidine groups is 1. The zero-order valence-corrected chi connectivity index (χ0v) is 10.1. The Balaban J connectivity index is 2.76. The van der Waals surface area contributed by atoms with E-state index in [0.717, 1.165) is 0 Å². The van der Waals surface area contributed by atoms with Crippen molar-refractivity contribution in [3.8, 4) is 0 Å². The Hall–Kier alpha value is -0.960. The molecule has 1 unspecified atom stereocenters. The molecule has 1 atom stereocenters. The van der Waals surface area contributed by atoms with Crippen molar-refractivity contribution in [2.24, 2.45) is 5.73 Å². The van der Waals surface area contributed by atoms with Crippen LogP contribution in [0.2, 0.25) is 0 Å². The standard InChI is InChI=1S/C12H18N2S/c1-9(2)15-11(8-12(13)14)10-6-4-3-5-7-10/h3-7,9,11H,8H2,1-2H3,(H3,13,14). The molecule has 0 radical (unpaired) electrons. The minimum absolute atomic E-state index is 0.261. The molecule has 0 aliphatic heterocycles. The molecule has 0 bridgehead atoms. The lowest BCUT2D eigenvalue weighted by molar-refractivity contribution is 0.966. The Morgan fingerprint density at radius 3 is 2.40 bits per heavy atom. The van der Waals surface area contributed by atoms with Crippen molar-refractivity contribution in [2.75, 3.05) is 0 Å². The molecule has 2 nitrogen and oxygen atoms in total. The van der Waals surface area contributed by atoms with Crippen molar-refractivity contribution in [3.63, 3.8) is 0 Å². The SMILES string of the molecule is CC(C)SC(CC(=N)N)c1ccccc1. The lowest BCUT2D eigenvalue weighted by Gasteiger charge is -2.18. The first-order valence-electron chi connectivity index (χ1n) is 5.13. The minimum Gasteiger partial charge on any atom is -0.388 e. The zero-order chi connectivity index (χ0) is 11.3. The first-order valence-corrected chi connectivity index (χ1v) is 6.07. The molecule has 3 heteroatoms. The quantitative estimate of drug-likeness (QED) is 0.593. The second-order valence-electron chi connectivity index (χ2n) is 3.81. The van der Waals surface area contributed by atoms with Gasteiger partial charge in [0, 0.05) is 11.7 Å². The first kappa shape index (κ1) is 12.1. The fourth-order valence-electron chi connectivity index (χ4n) is 1.44. The Morgan fingerprint density at radius 2 is 1.93 bits per heavy atom. The Labute approximate surface area is 95.8 Å². The summed E-state index contributed by atoms with van der Waals surface area (Å²) in [5, 5.41) is 8.24. The van der Waals surface area contributed by atoms with Gasteiger partial charge in [-0.2, -0.15) is 11.8 Å². The molecule has 0 saturated carbocycles. The number of rotatable bonds is 5. The van der Waals surface area contributed by atoms with E-state index in [9.17, 15) is 0 Å². The molecule has 82 valence electrons. The maximum atomic E-state index is 7.38. The number of thioether (sulfide) groups is 1. The predicted octanol–water partition coefficient (Wildman–Crippen LogP) is 3.20. The molecule has 0 spiro atoms. The van der Waals surface area contributed by atoms with E-state index >= 15 is 0 Å². The van der Waals surface area contributed by atoms with Crippen LogP contribution in [0, 0.1) is 5.41 Å². The molecule has 0 fully saturated rings. The molecule has 1 aromatic carbocycles. The molecule has 15 heavy (non-hydrogen) atoms. The highest BCUT2D eigenvalue weighted by Gasteiger charge is 2.14. The van der Waals surface area contributed by atoms with Crippen molar-refractivity contribution >= 4 is 17.6 Å². The average molecular weight is 222 g/mol. The highest BCUT2D eigenvalue weighted by atomic mass is 32.2. The molecule has 0 amide bonds. The van der Waals surface area contributed by atoms with Gasteiger partial charge >= 0.3 is 0 Å². The van der Waals surface area contributed by atoms with E-state index in [0.29, 0.717) is 16.9 Å². The van der Waals surface area contributed by atoms with E-state index in [1.807, 2.05) is 30.0 Å². The van der Waals surface area contributed by atoms with Gasteiger partial charge in [-0.3, -0.25) is 5.41 Å². The van der Waals surface area contributed by atoms with Crippen LogP contribution in [-0.4, -0.2) is 11.1 Å². The summed E-state index contributed by atoms with van der Waals surface area (Å²) in [5.41, 5.74) is 6.73. The molecule has 0 aliphatic rings. The number of nitrogens with two attached hydrogens (primary N) is 1. The summed E-state index contributed by atoms with van der Waals surface area (Å²) in [5.74, 6) is 0.261. The molecular weight excluding hydrogens is 204 g/mol. The van der Waals surface area contributed by atoms with Crippen LogP contribution in [0.15, 0.2) is 30.3 Å². The van der Waals surface area contributed by atoms with Gasteiger partial charge in [-0.1, -0.05) is 44.2 Å². The summed E-state index contributed by atoms with van der Waals surface area (Å²) >= 11 is 1.86. The van der Waals surface area contributed by atoms with Gasteiger partial charge in [0.2, 0.25) is 0 Å². The zero-order valence-electron chi connectivity index (χ0n) is 9.23. The van der Waals surface area contributed by atoms with Gasteiger partial charge in [-0.25, -0.2) is 0 Å². The molecule has 0 heterocycles. The van der Waals surface area contributed by atoms with Gasteiger partial charge in [0.05, 0.1) is 5.84 Å². The first-order chi connectivity index (χ1) is 7.09. The van der Waals surface area contributed by atoms with Crippen molar-refractivity contribution in [1.29, 1.82) is 5.41 Å². The molecule has 3 N–H and O–H groups in total. The topological polar surface area (TPSA) is 49.9 Å². The molecule has 0 aromatic heterocycles. The van der Waals surface area contributed by atoms with Crippen LogP contribution in [0.4, 0.5) is 0 Å². The van der Waals surface area contributed by atoms with Crippen molar-refractivity contribution in [1.82, 2.24) is 0 Å². The molecule has 0 saturated heterocycles. The second kappa shape index (κ2) is 5.81. The predicted molar refractivity (Wildman–Crippen MR) is 68.4 cm³/mol. The lowest BCUT2D eigenvalue weighted by Crippen LogP contribution is -2.14. The third kappa shape index (κ3) is 4.38. The van der Waals surface area contributed by atoms with Gasteiger partial charge in [0.25, 0.3) is 0 Å². The van der Waals surface area contributed by atoms with Crippen LogP contribution in [0.1, 0.15) is 31.1 Å². The summed E-state index contributed by atoms with van der Waals surface area (Å²) in [6.07, 6.45) is 0.632. The van der Waals surface area contributed by atoms with Gasteiger partial charge in [0.1, 0.15) is 0 Å². The maximum absolute atomic E-state index is 7.38. The highest BCUT2D eigenvalue weighted by Crippen LogP contribution is 2.34. The monoisotopic (exact) mass is 222 g/mol. The Morgan fingerprint density at radius 1 is 1.33 bits per heavy atom. The Bertz CT molecular complexity index is 309. The lowest BCUT2D eigenvalue weighted by atomic mass is 10.1. The van der Waals surface area contributed by atoms with Crippen LogP contribution in [0.3, 0.4) is 0 Å². The van der Waals surface area contributed by atoms with Gasteiger partial charge in [0.15, 0.2) is 0 Å². The number of hydrogen-bond acceptors (Lipinski definition) is 2. The summed E-state index contributed by atoms with van der Waals surface area (Å²) in [4.78, 5) is 0. The molecule has 1 aromatic rings. The normalized spacial score (nSPS) is 12.7. The van der Waals surface area contributed by atoms with E-state index in [2.05, 4.69) is 26.0 Å².